The number of anilines is 2. The molecule has 0 amide bonds. The van der Waals surface area contributed by atoms with Crippen molar-refractivity contribution >= 4 is 23.0 Å². The Morgan fingerprint density at radius 1 is 1.29 bits per heavy atom. The van der Waals surface area contributed by atoms with Gasteiger partial charge < -0.3 is 11.1 Å². The third kappa shape index (κ3) is 2.81. The maximum atomic E-state index is 5.82. The van der Waals surface area contributed by atoms with E-state index >= 15 is 0 Å². The van der Waals surface area contributed by atoms with Crippen LogP contribution in [0.25, 0.3) is 0 Å². The molecule has 78 valence electrons. The van der Waals surface area contributed by atoms with E-state index in [1.165, 1.54) is 0 Å². The molecule has 2 nitrogen and oxygen atoms in total. The highest BCUT2D eigenvalue weighted by molar-refractivity contribution is 6.31. The Hall–Kier alpha value is -0.890. The zero-order valence-corrected chi connectivity index (χ0v) is 9.60. The molecule has 1 aromatic rings. The van der Waals surface area contributed by atoms with Crippen molar-refractivity contribution in [3.05, 3.63) is 23.2 Å². The molecular formula is C11H17ClN2. The van der Waals surface area contributed by atoms with Gasteiger partial charge in [-0.25, -0.2) is 0 Å². The number of hydrogen-bond acceptors (Lipinski definition) is 2. The molecular weight excluding hydrogens is 196 g/mol. The van der Waals surface area contributed by atoms with Crippen LogP contribution in [0.15, 0.2) is 18.2 Å². The summed E-state index contributed by atoms with van der Waals surface area (Å²) in [6, 6.07) is 5.92. The minimum absolute atomic E-state index is 0.401. The van der Waals surface area contributed by atoms with Crippen LogP contribution >= 0.6 is 11.6 Å². The first-order valence-electron chi connectivity index (χ1n) is 4.82. The fraction of sp³-hybridized carbons (Fsp3) is 0.455. The molecule has 0 fully saturated rings. The average molecular weight is 213 g/mol. The lowest BCUT2D eigenvalue weighted by atomic mass is 10.1. The monoisotopic (exact) mass is 212 g/mol. The van der Waals surface area contributed by atoms with Gasteiger partial charge in [0.1, 0.15) is 0 Å². The van der Waals surface area contributed by atoms with E-state index in [-0.39, 0.29) is 0 Å². The van der Waals surface area contributed by atoms with E-state index in [0.29, 0.717) is 22.7 Å². The first-order chi connectivity index (χ1) is 6.50. The summed E-state index contributed by atoms with van der Waals surface area (Å²) in [5.41, 5.74) is 7.48. The van der Waals surface area contributed by atoms with Crippen LogP contribution < -0.4 is 11.1 Å². The summed E-state index contributed by atoms with van der Waals surface area (Å²) < 4.78 is 0. The lowest BCUT2D eigenvalue weighted by molar-refractivity contribution is 0.560. The zero-order valence-electron chi connectivity index (χ0n) is 8.84. The second-order valence-corrected chi connectivity index (χ2v) is 4.35. The Balaban J connectivity index is 2.77. The fourth-order valence-electron chi connectivity index (χ4n) is 1.08. The Morgan fingerprint density at radius 3 is 2.43 bits per heavy atom. The fourth-order valence-corrected chi connectivity index (χ4v) is 1.26. The molecule has 0 heterocycles. The minimum atomic E-state index is 0.401. The second-order valence-electron chi connectivity index (χ2n) is 3.91. The van der Waals surface area contributed by atoms with Gasteiger partial charge in [0, 0.05) is 11.1 Å². The summed E-state index contributed by atoms with van der Waals surface area (Å²) in [6.45, 7) is 6.48. The molecule has 0 spiro atoms. The quantitative estimate of drug-likeness (QED) is 0.754. The summed E-state index contributed by atoms with van der Waals surface area (Å²) in [6.07, 6.45) is 0. The zero-order chi connectivity index (χ0) is 10.7. The van der Waals surface area contributed by atoms with Crippen molar-refractivity contribution in [1.29, 1.82) is 0 Å². The van der Waals surface area contributed by atoms with Crippen molar-refractivity contribution in [3.8, 4) is 0 Å². The van der Waals surface area contributed by atoms with E-state index in [2.05, 4.69) is 26.1 Å². The number of halogens is 1. The topological polar surface area (TPSA) is 38.0 Å². The molecule has 3 N–H and O–H groups in total. The number of nitrogen functional groups attached to an aromatic ring is 1. The van der Waals surface area contributed by atoms with Gasteiger partial charge in [-0.05, 0) is 31.0 Å². The van der Waals surface area contributed by atoms with Gasteiger partial charge in [-0.15, -0.1) is 0 Å². The van der Waals surface area contributed by atoms with Gasteiger partial charge in [-0.3, -0.25) is 0 Å². The van der Waals surface area contributed by atoms with Crippen LogP contribution in [0.5, 0.6) is 0 Å². The summed E-state index contributed by atoms with van der Waals surface area (Å²) in [7, 11) is 0. The molecule has 3 heteroatoms. The highest BCUT2D eigenvalue weighted by Gasteiger charge is 2.08. The van der Waals surface area contributed by atoms with Crippen LogP contribution in [-0.4, -0.2) is 6.04 Å². The molecule has 1 rings (SSSR count). The van der Waals surface area contributed by atoms with Crippen LogP contribution in [-0.2, 0) is 0 Å². The maximum Gasteiger partial charge on any atom is 0.0577 e. The largest absolute Gasteiger partial charge is 0.397 e. The molecule has 14 heavy (non-hydrogen) atoms. The van der Waals surface area contributed by atoms with Crippen LogP contribution in [0.4, 0.5) is 11.4 Å². The molecule has 1 aromatic carbocycles. The summed E-state index contributed by atoms with van der Waals surface area (Å²) in [5, 5.41) is 4.02. The SMILES string of the molecule is CC(C)C(C)Nc1ccc(Cl)cc1N. The number of hydrogen-bond donors (Lipinski definition) is 2. The average Bonchev–Trinajstić information content (AvgIpc) is 2.09. The van der Waals surface area contributed by atoms with Crippen LogP contribution in [0, 0.1) is 5.92 Å². The molecule has 0 aliphatic heterocycles. The molecule has 0 aliphatic rings. The molecule has 0 aromatic heterocycles. The van der Waals surface area contributed by atoms with Crippen molar-refractivity contribution in [3.63, 3.8) is 0 Å². The molecule has 0 aliphatic carbocycles. The van der Waals surface area contributed by atoms with Crippen molar-refractivity contribution in [2.75, 3.05) is 11.1 Å². The third-order valence-electron chi connectivity index (χ3n) is 2.40. The van der Waals surface area contributed by atoms with E-state index in [4.69, 9.17) is 17.3 Å². The van der Waals surface area contributed by atoms with Crippen LogP contribution in [0.2, 0.25) is 5.02 Å². The lowest BCUT2D eigenvalue weighted by Crippen LogP contribution is -2.22. The molecule has 0 bridgehead atoms. The molecule has 1 unspecified atom stereocenters. The Kier molecular flexibility index (Phi) is 3.64. The standard InChI is InChI=1S/C11H17ClN2/c1-7(2)8(3)14-11-5-4-9(12)6-10(11)13/h4-8,14H,13H2,1-3H3. The minimum Gasteiger partial charge on any atom is -0.397 e. The highest BCUT2D eigenvalue weighted by Crippen LogP contribution is 2.24. The Morgan fingerprint density at radius 2 is 1.93 bits per heavy atom. The van der Waals surface area contributed by atoms with Crippen molar-refractivity contribution in [1.82, 2.24) is 0 Å². The first-order valence-corrected chi connectivity index (χ1v) is 5.20. The Bertz CT molecular complexity index is 310. The normalized spacial score (nSPS) is 12.9. The van der Waals surface area contributed by atoms with Gasteiger partial charge in [-0.1, -0.05) is 25.4 Å². The summed E-state index contributed by atoms with van der Waals surface area (Å²) in [4.78, 5) is 0. The smallest absolute Gasteiger partial charge is 0.0577 e. The lowest BCUT2D eigenvalue weighted by Gasteiger charge is -2.20. The van der Waals surface area contributed by atoms with Gasteiger partial charge in [0.25, 0.3) is 0 Å². The van der Waals surface area contributed by atoms with Gasteiger partial charge in [0.15, 0.2) is 0 Å². The van der Waals surface area contributed by atoms with E-state index in [1.54, 1.807) is 6.07 Å². The molecule has 1 atom stereocenters. The van der Waals surface area contributed by atoms with E-state index < -0.39 is 0 Å². The van der Waals surface area contributed by atoms with Crippen LogP contribution in [0.3, 0.4) is 0 Å². The van der Waals surface area contributed by atoms with E-state index in [1.807, 2.05) is 12.1 Å². The van der Waals surface area contributed by atoms with Crippen LogP contribution in [0.1, 0.15) is 20.8 Å². The summed E-state index contributed by atoms with van der Waals surface area (Å²) >= 11 is 5.81. The molecule has 0 saturated heterocycles. The number of nitrogens with two attached hydrogens (primary N) is 1. The number of nitrogens with one attached hydrogen (secondary N) is 1. The van der Waals surface area contributed by atoms with Crippen molar-refractivity contribution < 1.29 is 0 Å². The predicted molar refractivity (Wildman–Crippen MR) is 63.8 cm³/mol. The summed E-state index contributed by atoms with van der Waals surface area (Å²) in [5.74, 6) is 0.574. The van der Waals surface area contributed by atoms with Crippen molar-refractivity contribution in [2.45, 2.75) is 26.8 Å². The third-order valence-corrected chi connectivity index (χ3v) is 2.63. The van der Waals surface area contributed by atoms with E-state index in [0.717, 1.165) is 5.69 Å². The molecule has 0 saturated carbocycles. The van der Waals surface area contributed by atoms with E-state index in [9.17, 15) is 0 Å². The number of rotatable bonds is 3. The number of benzene rings is 1. The van der Waals surface area contributed by atoms with Gasteiger partial charge >= 0.3 is 0 Å². The second kappa shape index (κ2) is 4.56. The first kappa shape index (κ1) is 11.2. The van der Waals surface area contributed by atoms with Gasteiger partial charge in [0.05, 0.1) is 11.4 Å². The Labute approximate surface area is 90.4 Å². The highest BCUT2D eigenvalue weighted by atomic mass is 35.5. The molecule has 0 radical (unpaired) electrons. The van der Waals surface area contributed by atoms with Gasteiger partial charge in [0.2, 0.25) is 0 Å². The van der Waals surface area contributed by atoms with Crippen molar-refractivity contribution in [2.24, 2.45) is 5.92 Å². The maximum absolute atomic E-state index is 5.82. The van der Waals surface area contributed by atoms with Gasteiger partial charge in [-0.2, -0.15) is 0 Å². The predicted octanol–water partition coefficient (Wildman–Crippen LogP) is 3.38.